The third-order valence-electron chi connectivity index (χ3n) is 3.83. The first-order valence-corrected chi connectivity index (χ1v) is 8.83. The number of rotatable bonds is 6. The van der Waals surface area contributed by atoms with E-state index in [0.29, 0.717) is 0 Å². The van der Waals surface area contributed by atoms with Crippen molar-refractivity contribution in [1.29, 1.82) is 0 Å². The topological polar surface area (TPSA) is 55.6 Å². The molecule has 5 nitrogen and oxygen atoms in total. The van der Waals surface area contributed by atoms with Crippen LogP contribution >= 0.6 is 11.3 Å². The van der Waals surface area contributed by atoms with Gasteiger partial charge in [0.15, 0.2) is 5.82 Å². The van der Waals surface area contributed by atoms with Crippen molar-refractivity contribution in [1.82, 2.24) is 19.5 Å². The van der Waals surface area contributed by atoms with Crippen molar-refractivity contribution in [3.8, 4) is 11.4 Å². The van der Waals surface area contributed by atoms with Gasteiger partial charge in [0.1, 0.15) is 5.82 Å². The summed E-state index contributed by atoms with van der Waals surface area (Å²) in [6.07, 6.45) is 6.63. The molecule has 0 saturated heterocycles. The van der Waals surface area contributed by atoms with Crippen LogP contribution in [0.5, 0.6) is 0 Å². The first-order chi connectivity index (χ1) is 11.9. The summed E-state index contributed by atoms with van der Waals surface area (Å²) in [6, 6.07) is 10.2. The van der Waals surface area contributed by atoms with Crippen LogP contribution in [0.4, 0.5) is 5.82 Å². The molecule has 1 aromatic carbocycles. The average Bonchev–Trinajstić information content (AvgIpc) is 3.32. The fourth-order valence-electron chi connectivity index (χ4n) is 2.62. The maximum absolute atomic E-state index is 4.74. The summed E-state index contributed by atoms with van der Waals surface area (Å²) in [5.41, 5.74) is 2.03. The molecule has 4 aromatic rings. The van der Waals surface area contributed by atoms with Gasteiger partial charge in [0.05, 0.1) is 11.8 Å². The fourth-order valence-corrected chi connectivity index (χ4v) is 3.25. The van der Waals surface area contributed by atoms with E-state index in [4.69, 9.17) is 9.97 Å². The van der Waals surface area contributed by atoms with Gasteiger partial charge >= 0.3 is 0 Å². The van der Waals surface area contributed by atoms with E-state index in [1.807, 2.05) is 36.1 Å². The molecule has 0 amide bonds. The van der Waals surface area contributed by atoms with Gasteiger partial charge in [0, 0.05) is 41.8 Å². The summed E-state index contributed by atoms with van der Waals surface area (Å²) in [4.78, 5) is 13.5. The number of nitrogens with zero attached hydrogens (tertiary/aromatic N) is 4. The molecule has 3 aromatic heterocycles. The van der Waals surface area contributed by atoms with Gasteiger partial charge in [0.2, 0.25) is 0 Å². The van der Waals surface area contributed by atoms with Crippen LogP contribution in [0, 0.1) is 0 Å². The van der Waals surface area contributed by atoms with Gasteiger partial charge in [-0.3, -0.25) is 0 Å². The number of thiophene rings is 1. The molecule has 4 rings (SSSR count). The number of hydrogen-bond acceptors (Lipinski definition) is 5. The molecule has 0 aliphatic heterocycles. The van der Waals surface area contributed by atoms with Crippen LogP contribution < -0.4 is 5.32 Å². The Morgan fingerprint density at radius 1 is 1.12 bits per heavy atom. The van der Waals surface area contributed by atoms with E-state index in [0.717, 1.165) is 47.6 Å². The number of fused-ring (bicyclic) bond motifs is 1. The second-order valence-corrected chi connectivity index (χ2v) is 6.29. The highest BCUT2D eigenvalue weighted by atomic mass is 32.1. The molecule has 0 saturated carbocycles. The minimum Gasteiger partial charge on any atom is -0.369 e. The molecule has 0 unspecified atom stereocenters. The van der Waals surface area contributed by atoms with Crippen LogP contribution in [-0.2, 0) is 6.54 Å². The highest BCUT2D eigenvalue weighted by Gasteiger charge is 2.09. The molecular formula is C18H17N5S. The average molecular weight is 335 g/mol. The Morgan fingerprint density at radius 3 is 2.92 bits per heavy atom. The van der Waals surface area contributed by atoms with E-state index < -0.39 is 0 Å². The second kappa shape index (κ2) is 6.80. The van der Waals surface area contributed by atoms with Crippen molar-refractivity contribution < 1.29 is 0 Å². The maximum atomic E-state index is 4.74. The molecule has 0 aliphatic rings. The van der Waals surface area contributed by atoms with Gasteiger partial charge in [-0.25, -0.2) is 15.0 Å². The number of hydrogen-bond donors (Lipinski definition) is 1. The van der Waals surface area contributed by atoms with Crippen LogP contribution in [0.3, 0.4) is 0 Å². The predicted molar refractivity (Wildman–Crippen MR) is 98.2 cm³/mol. The predicted octanol–water partition coefficient (Wildman–Crippen LogP) is 4.06. The minimum atomic E-state index is 0.770. The summed E-state index contributed by atoms with van der Waals surface area (Å²) in [6.45, 7) is 1.79. The van der Waals surface area contributed by atoms with Gasteiger partial charge in [-0.15, -0.1) is 0 Å². The molecule has 0 fully saturated rings. The smallest absolute Gasteiger partial charge is 0.162 e. The molecule has 1 N–H and O–H groups in total. The first kappa shape index (κ1) is 14.8. The number of aryl methyl sites for hydroxylation is 1. The molecule has 120 valence electrons. The zero-order valence-electron chi connectivity index (χ0n) is 13.1. The summed E-state index contributed by atoms with van der Waals surface area (Å²) in [7, 11) is 0. The number of aromatic nitrogens is 4. The normalized spacial score (nSPS) is 11.0. The summed E-state index contributed by atoms with van der Waals surface area (Å²) in [5, 5.41) is 8.65. The van der Waals surface area contributed by atoms with Gasteiger partial charge in [-0.05, 0) is 30.0 Å². The summed E-state index contributed by atoms with van der Waals surface area (Å²) >= 11 is 1.66. The molecule has 24 heavy (non-hydrogen) atoms. The fraction of sp³-hybridized carbons (Fsp3) is 0.167. The Morgan fingerprint density at radius 2 is 2.08 bits per heavy atom. The standard InChI is InChI=1S/C18H17N5S/c1-2-5-16-15(4-1)18(20-7-3-9-23-10-8-19-13-23)22-17(21-16)14-6-11-24-12-14/h1-2,4-6,8,10-13H,3,7,9H2,(H,20,21,22). The maximum Gasteiger partial charge on any atom is 0.162 e. The van der Waals surface area contributed by atoms with Crippen molar-refractivity contribution in [3.05, 3.63) is 59.8 Å². The Hall–Kier alpha value is -2.73. The van der Waals surface area contributed by atoms with Crippen molar-refractivity contribution in [2.75, 3.05) is 11.9 Å². The number of benzene rings is 1. The molecule has 0 radical (unpaired) electrons. The zero-order valence-corrected chi connectivity index (χ0v) is 13.9. The van der Waals surface area contributed by atoms with Crippen LogP contribution in [0.25, 0.3) is 22.3 Å². The first-order valence-electron chi connectivity index (χ1n) is 7.89. The number of imidazole rings is 1. The highest BCUT2D eigenvalue weighted by molar-refractivity contribution is 7.08. The van der Waals surface area contributed by atoms with E-state index in [2.05, 4.69) is 32.4 Å². The summed E-state index contributed by atoms with van der Waals surface area (Å²) < 4.78 is 2.08. The van der Waals surface area contributed by atoms with Crippen molar-refractivity contribution in [2.45, 2.75) is 13.0 Å². The lowest BCUT2D eigenvalue weighted by Gasteiger charge is -2.10. The van der Waals surface area contributed by atoms with Crippen LogP contribution in [-0.4, -0.2) is 26.1 Å². The Kier molecular flexibility index (Phi) is 4.20. The molecular weight excluding hydrogens is 318 g/mol. The summed E-state index contributed by atoms with van der Waals surface area (Å²) in [5.74, 6) is 1.67. The van der Waals surface area contributed by atoms with E-state index >= 15 is 0 Å². The van der Waals surface area contributed by atoms with Crippen molar-refractivity contribution in [3.63, 3.8) is 0 Å². The molecule has 0 spiro atoms. The van der Waals surface area contributed by atoms with Gasteiger partial charge in [0.25, 0.3) is 0 Å². The molecule has 0 atom stereocenters. The second-order valence-electron chi connectivity index (χ2n) is 5.51. The third-order valence-corrected chi connectivity index (χ3v) is 4.51. The van der Waals surface area contributed by atoms with Crippen LogP contribution in [0.1, 0.15) is 6.42 Å². The van der Waals surface area contributed by atoms with Gasteiger partial charge < -0.3 is 9.88 Å². The zero-order chi connectivity index (χ0) is 16.2. The SMILES string of the molecule is c1ccc2c(NCCCn3ccnc3)nc(-c3ccsc3)nc2c1. The van der Waals surface area contributed by atoms with E-state index in [-0.39, 0.29) is 0 Å². The van der Waals surface area contributed by atoms with Gasteiger partial charge in [-0.2, -0.15) is 11.3 Å². The largest absolute Gasteiger partial charge is 0.369 e. The number of para-hydroxylation sites is 1. The Labute approximate surface area is 144 Å². The lowest BCUT2D eigenvalue weighted by molar-refractivity contribution is 0.660. The molecule has 0 aliphatic carbocycles. The molecule has 3 heterocycles. The quantitative estimate of drug-likeness (QED) is 0.540. The Balaban J connectivity index is 1.56. The number of nitrogens with one attached hydrogen (secondary N) is 1. The van der Waals surface area contributed by atoms with Crippen molar-refractivity contribution >= 4 is 28.1 Å². The monoisotopic (exact) mass is 335 g/mol. The molecule has 6 heteroatoms. The van der Waals surface area contributed by atoms with E-state index in [1.165, 1.54) is 0 Å². The van der Waals surface area contributed by atoms with Crippen LogP contribution in [0.15, 0.2) is 59.8 Å². The Bertz CT molecular complexity index is 916. The number of anilines is 1. The van der Waals surface area contributed by atoms with E-state index in [9.17, 15) is 0 Å². The third kappa shape index (κ3) is 3.14. The lowest BCUT2D eigenvalue weighted by atomic mass is 10.2. The minimum absolute atomic E-state index is 0.770. The molecule has 0 bridgehead atoms. The van der Waals surface area contributed by atoms with Crippen molar-refractivity contribution in [2.24, 2.45) is 0 Å². The van der Waals surface area contributed by atoms with Crippen LogP contribution in [0.2, 0.25) is 0 Å². The highest BCUT2D eigenvalue weighted by Crippen LogP contribution is 2.25. The van der Waals surface area contributed by atoms with Gasteiger partial charge in [-0.1, -0.05) is 12.1 Å². The van der Waals surface area contributed by atoms with E-state index in [1.54, 1.807) is 17.5 Å². The lowest BCUT2D eigenvalue weighted by Crippen LogP contribution is -2.08.